The lowest BCUT2D eigenvalue weighted by atomic mass is 10.0. The third-order valence-corrected chi connectivity index (χ3v) is 4.46. The van der Waals surface area contributed by atoms with Crippen LogP contribution in [-0.4, -0.2) is 25.0 Å². The number of nitrogens with one attached hydrogen (secondary N) is 1. The van der Waals surface area contributed by atoms with Gasteiger partial charge in [-0.05, 0) is 24.5 Å². The van der Waals surface area contributed by atoms with E-state index in [9.17, 15) is 9.59 Å². The van der Waals surface area contributed by atoms with Crippen LogP contribution in [0, 0.1) is 0 Å². The number of ether oxygens (including phenoxy) is 1. The van der Waals surface area contributed by atoms with E-state index in [1.807, 2.05) is 29.6 Å². The van der Waals surface area contributed by atoms with E-state index < -0.39 is 5.97 Å². The van der Waals surface area contributed by atoms with Crippen molar-refractivity contribution in [2.75, 3.05) is 18.5 Å². The van der Waals surface area contributed by atoms with E-state index in [1.165, 1.54) is 16.9 Å². The predicted octanol–water partition coefficient (Wildman–Crippen LogP) is 3.44. The van der Waals surface area contributed by atoms with Gasteiger partial charge in [0.15, 0.2) is 0 Å². The molecule has 1 aromatic heterocycles. The molecule has 0 saturated heterocycles. The van der Waals surface area contributed by atoms with Crippen LogP contribution in [-0.2, 0) is 16.0 Å². The summed E-state index contributed by atoms with van der Waals surface area (Å²) in [5.41, 5.74) is 8.72. The van der Waals surface area contributed by atoms with Crippen molar-refractivity contribution in [1.29, 1.82) is 0 Å². The number of hydrogen-bond donors (Lipinski definition) is 2. The molecule has 5 nitrogen and oxygen atoms in total. The minimum Gasteiger partial charge on any atom is -0.462 e. The number of benzene rings is 1. The van der Waals surface area contributed by atoms with Crippen molar-refractivity contribution in [3.05, 3.63) is 40.8 Å². The number of aryl methyl sites for hydroxylation is 1. The highest BCUT2D eigenvalue weighted by Gasteiger charge is 2.22. The Balaban J connectivity index is 2.40. The lowest BCUT2D eigenvalue weighted by molar-refractivity contribution is -0.116. The molecule has 0 fully saturated rings. The Morgan fingerprint density at radius 1 is 1.21 bits per heavy atom. The van der Waals surface area contributed by atoms with Gasteiger partial charge < -0.3 is 15.8 Å². The average molecular weight is 346 g/mol. The number of carbonyl (C=O) groups excluding carboxylic acids is 2. The Morgan fingerprint density at radius 3 is 2.50 bits per heavy atom. The zero-order valence-electron chi connectivity index (χ0n) is 13.9. The molecule has 0 bridgehead atoms. The van der Waals surface area contributed by atoms with Gasteiger partial charge in [0, 0.05) is 23.9 Å². The third kappa shape index (κ3) is 4.21. The van der Waals surface area contributed by atoms with Crippen molar-refractivity contribution >= 4 is 28.2 Å². The molecule has 0 aliphatic rings. The molecule has 2 rings (SSSR count). The Kier molecular flexibility index (Phi) is 6.52. The summed E-state index contributed by atoms with van der Waals surface area (Å²) in [5, 5.41) is 5.13. The van der Waals surface area contributed by atoms with E-state index >= 15 is 0 Å². The minimum atomic E-state index is -0.434. The second-order valence-corrected chi connectivity index (χ2v) is 6.09. The van der Waals surface area contributed by atoms with Crippen molar-refractivity contribution in [2.45, 2.75) is 26.7 Å². The molecule has 1 heterocycles. The van der Waals surface area contributed by atoms with Crippen molar-refractivity contribution in [1.82, 2.24) is 0 Å². The van der Waals surface area contributed by atoms with Gasteiger partial charge in [-0.1, -0.05) is 31.2 Å². The van der Waals surface area contributed by atoms with Crippen LogP contribution in [0.4, 0.5) is 5.00 Å². The molecule has 0 aliphatic carbocycles. The second-order valence-electron chi connectivity index (χ2n) is 5.21. The van der Waals surface area contributed by atoms with Crippen molar-refractivity contribution in [2.24, 2.45) is 5.73 Å². The van der Waals surface area contributed by atoms with Crippen LogP contribution in [0.2, 0.25) is 0 Å². The van der Waals surface area contributed by atoms with Crippen LogP contribution in [0.25, 0.3) is 11.1 Å². The van der Waals surface area contributed by atoms with Gasteiger partial charge in [0.1, 0.15) is 10.6 Å². The Hall–Kier alpha value is -2.18. The monoisotopic (exact) mass is 346 g/mol. The van der Waals surface area contributed by atoms with Gasteiger partial charge in [0.25, 0.3) is 0 Å². The highest BCUT2D eigenvalue weighted by Crippen LogP contribution is 2.36. The number of amides is 1. The molecule has 1 amide bonds. The molecule has 6 heteroatoms. The maximum Gasteiger partial charge on any atom is 0.341 e. The topological polar surface area (TPSA) is 81.4 Å². The van der Waals surface area contributed by atoms with Gasteiger partial charge in [0.05, 0.1) is 6.61 Å². The van der Waals surface area contributed by atoms with Crippen LogP contribution in [0.5, 0.6) is 0 Å². The number of rotatable bonds is 7. The predicted molar refractivity (Wildman–Crippen MR) is 97.4 cm³/mol. The number of thiophene rings is 1. The molecule has 1 aromatic carbocycles. The van der Waals surface area contributed by atoms with Gasteiger partial charge in [-0.25, -0.2) is 4.79 Å². The Labute approximate surface area is 145 Å². The first-order valence-corrected chi connectivity index (χ1v) is 8.86. The van der Waals surface area contributed by atoms with Gasteiger partial charge in [-0.3, -0.25) is 4.79 Å². The zero-order valence-corrected chi connectivity index (χ0v) is 14.7. The number of esters is 1. The Bertz CT molecular complexity index is 708. The summed E-state index contributed by atoms with van der Waals surface area (Å²) >= 11 is 1.32. The number of anilines is 1. The molecule has 128 valence electrons. The maximum atomic E-state index is 12.4. The minimum absolute atomic E-state index is 0.209. The fourth-order valence-corrected chi connectivity index (χ4v) is 3.28. The number of carbonyl (C=O) groups is 2. The smallest absolute Gasteiger partial charge is 0.341 e. The summed E-state index contributed by atoms with van der Waals surface area (Å²) in [7, 11) is 0. The molecule has 2 aromatic rings. The van der Waals surface area contributed by atoms with Gasteiger partial charge in [-0.15, -0.1) is 11.3 Å². The SMILES string of the molecule is CCOC(=O)c1c(-c2ccc(CC)cc2)csc1NC(=O)CCN. The fraction of sp³-hybridized carbons (Fsp3) is 0.333. The molecule has 24 heavy (non-hydrogen) atoms. The normalized spacial score (nSPS) is 10.5. The largest absolute Gasteiger partial charge is 0.462 e. The van der Waals surface area contributed by atoms with Crippen LogP contribution >= 0.6 is 11.3 Å². The van der Waals surface area contributed by atoms with Gasteiger partial charge in [0.2, 0.25) is 5.91 Å². The Morgan fingerprint density at radius 2 is 1.92 bits per heavy atom. The first-order valence-electron chi connectivity index (χ1n) is 7.98. The maximum absolute atomic E-state index is 12.4. The van der Waals surface area contributed by atoms with Gasteiger partial charge in [-0.2, -0.15) is 0 Å². The van der Waals surface area contributed by atoms with Crippen LogP contribution in [0.15, 0.2) is 29.6 Å². The summed E-state index contributed by atoms with van der Waals surface area (Å²) in [6, 6.07) is 8.04. The molecule has 0 unspecified atom stereocenters. The highest BCUT2D eigenvalue weighted by atomic mass is 32.1. The van der Waals surface area contributed by atoms with E-state index in [1.54, 1.807) is 6.92 Å². The first-order chi connectivity index (χ1) is 11.6. The molecular weight excluding hydrogens is 324 g/mol. The summed E-state index contributed by atoms with van der Waals surface area (Å²) in [6.45, 7) is 4.39. The summed E-state index contributed by atoms with van der Waals surface area (Å²) in [4.78, 5) is 24.2. The molecule has 0 spiro atoms. The van der Waals surface area contributed by atoms with Gasteiger partial charge >= 0.3 is 5.97 Å². The molecule has 0 aliphatic heterocycles. The van der Waals surface area contributed by atoms with Crippen LogP contribution in [0.3, 0.4) is 0 Å². The van der Waals surface area contributed by atoms with E-state index in [-0.39, 0.29) is 25.5 Å². The lowest BCUT2D eigenvalue weighted by Gasteiger charge is -2.09. The third-order valence-electron chi connectivity index (χ3n) is 3.57. The molecular formula is C18H22N2O3S. The first kappa shape index (κ1) is 18.2. The summed E-state index contributed by atoms with van der Waals surface area (Å²) in [6.07, 6.45) is 1.16. The average Bonchev–Trinajstić information content (AvgIpc) is 2.99. The van der Waals surface area contributed by atoms with Crippen LogP contribution in [0.1, 0.15) is 36.2 Å². The number of hydrogen-bond acceptors (Lipinski definition) is 5. The van der Waals surface area contributed by atoms with Crippen molar-refractivity contribution in [3.63, 3.8) is 0 Å². The van der Waals surface area contributed by atoms with E-state index in [0.29, 0.717) is 10.6 Å². The van der Waals surface area contributed by atoms with Crippen molar-refractivity contribution in [3.8, 4) is 11.1 Å². The van der Waals surface area contributed by atoms with E-state index in [0.717, 1.165) is 17.5 Å². The van der Waals surface area contributed by atoms with E-state index in [4.69, 9.17) is 10.5 Å². The standard InChI is InChI=1S/C18H22N2O3S/c1-3-12-5-7-13(8-6-12)14-11-24-17(20-15(21)9-10-19)16(14)18(22)23-4-2/h5-8,11H,3-4,9-10,19H2,1-2H3,(H,20,21). The molecule has 0 saturated carbocycles. The number of nitrogens with two attached hydrogens (primary N) is 1. The zero-order chi connectivity index (χ0) is 17.5. The summed E-state index contributed by atoms with van der Waals surface area (Å²) < 4.78 is 5.17. The lowest BCUT2D eigenvalue weighted by Crippen LogP contribution is -2.17. The van der Waals surface area contributed by atoms with Crippen molar-refractivity contribution < 1.29 is 14.3 Å². The highest BCUT2D eigenvalue weighted by molar-refractivity contribution is 7.15. The molecule has 3 N–H and O–H groups in total. The molecule has 0 radical (unpaired) electrons. The molecule has 0 atom stereocenters. The quantitative estimate of drug-likeness (QED) is 0.753. The summed E-state index contributed by atoms with van der Waals surface area (Å²) in [5.74, 6) is -0.644. The fourth-order valence-electron chi connectivity index (χ4n) is 2.31. The second kappa shape index (κ2) is 8.61. The van der Waals surface area contributed by atoms with E-state index in [2.05, 4.69) is 12.2 Å². The van der Waals surface area contributed by atoms with Crippen LogP contribution < -0.4 is 11.1 Å².